The smallest absolute Gasteiger partial charge is 0.227 e. The van der Waals surface area contributed by atoms with Gasteiger partial charge in [-0.25, -0.2) is 4.39 Å². The molecule has 0 aliphatic carbocycles. The lowest BCUT2D eigenvalue weighted by molar-refractivity contribution is -0.129. The molecule has 3 aromatic rings. The van der Waals surface area contributed by atoms with Gasteiger partial charge in [-0.2, -0.15) is 0 Å². The van der Waals surface area contributed by atoms with Gasteiger partial charge in [-0.15, -0.1) is 0 Å². The molecule has 164 valence electrons. The van der Waals surface area contributed by atoms with Gasteiger partial charge in [0.05, 0.1) is 19.1 Å². The molecule has 1 fully saturated rings. The maximum absolute atomic E-state index is 14.0. The van der Waals surface area contributed by atoms with E-state index in [1.807, 2.05) is 42.5 Å². The Morgan fingerprint density at radius 1 is 1.03 bits per heavy atom. The van der Waals surface area contributed by atoms with Crippen LogP contribution >= 0.6 is 0 Å². The number of anilines is 1. The molecular weight excluding hydrogens is 407 g/mol. The summed E-state index contributed by atoms with van der Waals surface area (Å²) in [5.41, 5.74) is 2.01. The topological polar surface area (TPSA) is 58.6 Å². The molecule has 0 saturated carbocycles. The third-order valence-corrected chi connectivity index (χ3v) is 5.84. The summed E-state index contributed by atoms with van der Waals surface area (Å²) in [6.07, 6.45) is 0.682. The summed E-state index contributed by atoms with van der Waals surface area (Å²) in [7, 11) is 1.59. The summed E-state index contributed by atoms with van der Waals surface area (Å²) in [6.45, 7) is 0.0972. The number of carbonyl (C=O) groups is 2. The van der Waals surface area contributed by atoms with Crippen LogP contribution in [0.2, 0.25) is 0 Å². The second-order valence-corrected chi connectivity index (χ2v) is 7.77. The van der Waals surface area contributed by atoms with Crippen LogP contribution in [-0.2, 0) is 16.1 Å². The highest BCUT2D eigenvalue weighted by Gasteiger charge is 2.41. The van der Waals surface area contributed by atoms with Gasteiger partial charge in [0.25, 0.3) is 0 Å². The van der Waals surface area contributed by atoms with E-state index in [4.69, 9.17) is 4.74 Å². The number of nitrogens with zero attached hydrogens (tertiary/aromatic N) is 1. The molecule has 0 unspecified atom stereocenters. The van der Waals surface area contributed by atoms with E-state index in [0.29, 0.717) is 23.4 Å². The van der Waals surface area contributed by atoms with E-state index < -0.39 is 12.0 Å². The van der Waals surface area contributed by atoms with Crippen molar-refractivity contribution in [2.75, 3.05) is 12.0 Å². The van der Waals surface area contributed by atoms with Crippen molar-refractivity contribution in [1.82, 2.24) is 5.32 Å². The van der Waals surface area contributed by atoms with Crippen molar-refractivity contribution in [1.29, 1.82) is 0 Å². The SMILES string of the molecule is COc1ccc(N2C(=O)CC[C@@H](C(=O)NCc3ccccc3F)[C@H]2c2ccccc2)cc1. The summed E-state index contributed by atoms with van der Waals surface area (Å²) in [5.74, 6) is -0.376. The Hall–Kier alpha value is -3.67. The largest absolute Gasteiger partial charge is 0.497 e. The molecule has 1 heterocycles. The summed E-state index contributed by atoms with van der Waals surface area (Å²) in [4.78, 5) is 28.0. The van der Waals surface area contributed by atoms with E-state index in [0.717, 1.165) is 5.56 Å². The number of piperidine rings is 1. The predicted octanol–water partition coefficient (Wildman–Crippen LogP) is 4.64. The lowest BCUT2D eigenvalue weighted by Crippen LogP contribution is -2.48. The lowest BCUT2D eigenvalue weighted by Gasteiger charge is -2.41. The van der Waals surface area contributed by atoms with Crippen molar-refractivity contribution in [2.24, 2.45) is 5.92 Å². The predicted molar refractivity (Wildman–Crippen MR) is 121 cm³/mol. The molecule has 6 heteroatoms. The summed E-state index contributed by atoms with van der Waals surface area (Å²) in [5, 5.41) is 2.88. The summed E-state index contributed by atoms with van der Waals surface area (Å²) >= 11 is 0. The van der Waals surface area contributed by atoms with Crippen LogP contribution in [0.3, 0.4) is 0 Å². The fraction of sp³-hybridized carbons (Fsp3) is 0.231. The minimum absolute atomic E-state index is 0.0397. The van der Waals surface area contributed by atoms with E-state index in [1.54, 1.807) is 42.3 Å². The number of carbonyl (C=O) groups excluding carboxylic acids is 2. The number of methoxy groups -OCH3 is 1. The highest BCUT2D eigenvalue weighted by Crippen LogP contribution is 2.40. The number of halogens is 1. The number of nitrogens with one attached hydrogen (secondary N) is 1. The number of benzene rings is 3. The van der Waals surface area contributed by atoms with Crippen LogP contribution in [0.4, 0.5) is 10.1 Å². The first kappa shape index (κ1) is 21.6. The zero-order valence-electron chi connectivity index (χ0n) is 17.8. The van der Waals surface area contributed by atoms with Gasteiger partial charge in [0, 0.05) is 24.2 Å². The molecule has 2 atom stereocenters. The number of rotatable bonds is 6. The Kier molecular flexibility index (Phi) is 6.50. The van der Waals surface area contributed by atoms with Gasteiger partial charge >= 0.3 is 0 Å². The van der Waals surface area contributed by atoms with Gasteiger partial charge < -0.3 is 15.0 Å². The zero-order valence-corrected chi connectivity index (χ0v) is 17.8. The average Bonchev–Trinajstić information content (AvgIpc) is 2.84. The minimum atomic E-state index is -0.469. The molecule has 1 aliphatic heterocycles. The second-order valence-electron chi connectivity index (χ2n) is 7.77. The Labute approximate surface area is 186 Å². The van der Waals surface area contributed by atoms with Gasteiger partial charge in [0.1, 0.15) is 11.6 Å². The molecule has 1 N–H and O–H groups in total. The molecule has 3 aromatic carbocycles. The average molecular weight is 432 g/mol. The van der Waals surface area contributed by atoms with E-state index in [9.17, 15) is 14.0 Å². The van der Waals surface area contributed by atoms with Gasteiger partial charge in [0.15, 0.2) is 0 Å². The molecule has 5 nitrogen and oxygen atoms in total. The van der Waals surface area contributed by atoms with Crippen LogP contribution < -0.4 is 15.0 Å². The van der Waals surface area contributed by atoms with Crippen molar-refractivity contribution in [2.45, 2.75) is 25.4 Å². The van der Waals surface area contributed by atoms with Crippen LogP contribution in [0.25, 0.3) is 0 Å². The Morgan fingerprint density at radius 3 is 2.41 bits per heavy atom. The van der Waals surface area contributed by atoms with E-state index in [1.165, 1.54) is 6.07 Å². The standard InChI is InChI=1S/C26H25FN2O3/c1-32-21-13-11-20(12-14-21)29-24(30)16-15-22(25(29)18-7-3-2-4-8-18)26(31)28-17-19-9-5-6-10-23(19)27/h2-14,22,25H,15-17H2,1H3,(H,28,31)/t22-,25-/m1/s1. The summed E-state index contributed by atoms with van der Waals surface area (Å²) in [6, 6.07) is 22.7. The molecule has 0 aromatic heterocycles. The number of hydrogen-bond acceptors (Lipinski definition) is 3. The number of ether oxygens (including phenoxy) is 1. The van der Waals surface area contributed by atoms with E-state index in [-0.39, 0.29) is 30.6 Å². The molecule has 0 spiro atoms. The Morgan fingerprint density at radius 2 is 1.72 bits per heavy atom. The van der Waals surface area contributed by atoms with Gasteiger partial charge in [-0.1, -0.05) is 48.5 Å². The minimum Gasteiger partial charge on any atom is -0.497 e. The molecular formula is C26H25FN2O3. The van der Waals surface area contributed by atoms with Crippen LogP contribution in [0.15, 0.2) is 78.9 Å². The van der Waals surface area contributed by atoms with Gasteiger partial charge in [-0.3, -0.25) is 9.59 Å². The highest BCUT2D eigenvalue weighted by molar-refractivity contribution is 5.97. The fourth-order valence-electron chi connectivity index (χ4n) is 4.20. The Balaban J connectivity index is 1.65. The number of hydrogen-bond donors (Lipinski definition) is 1. The Bertz CT molecular complexity index is 1090. The monoisotopic (exact) mass is 432 g/mol. The molecule has 0 bridgehead atoms. The molecule has 4 rings (SSSR count). The van der Waals surface area contributed by atoms with E-state index in [2.05, 4.69) is 5.32 Å². The van der Waals surface area contributed by atoms with Crippen molar-refractivity contribution in [3.63, 3.8) is 0 Å². The van der Waals surface area contributed by atoms with Crippen LogP contribution in [0, 0.1) is 11.7 Å². The van der Waals surface area contributed by atoms with Crippen molar-refractivity contribution in [3.05, 3.63) is 95.8 Å². The number of amides is 2. The third-order valence-electron chi connectivity index (χ3n) is 5.84. The lowest BCUT2D eigenvalue weighted by atomic mass is 9.83. The van der Waals surface area contributed by atoms with Gasteiger partial charge in [0.2, 0.25) is 11.8 Å². The first-order valence-electron chi connectivity index (χ1n) is 10.6. The molecule has 1 aliphatic rings. The molecule has 1 saturated heterocycles. The quantitative estimate of drug-likeness (QED) is 0.618. The molecule has 2 amide bonds. The summed E-state index contributed by atoms with van der Waals surface area (Å²) < 4.78 is 19.2. The van der Waals surface area contributed by atoms with Crippen LogP contribution in [0.5, 0.6) is 5.75 Å². The second kappa shape index (κ2) is 9.64. The maximum atomic E-state index is 14.0. The van der Waals surface area contributed by atoms with Crippen molar-refractivity contribution in [3.8, 4) is 5.75 Å². The first-order valence-corrected chi connectivity index (χ1v) is 10.6. The van der Waals surface area contributed by atoms with E-state index >= 15 is 0 Å². The first-order chi connectivity index (χ1) is 15.6. The zero-order chi connectivity index (χ0) is 22.5. The van der Waals surface area contributed by atoms with Gasteiger partial charge in [-0.05, 0) is 42.3 Å². The highest BCUT2D eigenvalue weighted by atomic mass is 19.1. The van der Waals surface area contributed by atoms with Crippen molar-refractivity contribution >= 4 is 17.5 Å². The normalized spacial score (nSPS) is 18.3. The van der Waals surface area contributed by atoms with Crippen LogP contribution in [-0.4, -0.2) is 18.9 Å². The fourth-order valence-corrected chi connectivity index (χ4v) is 4.20. The molecule has 32 heavy (non-hydrogen) atoms. The van der Waals surface area contributed by atoms with Crippen LogP contribution in [0.1, 0.15) is 30.0 Å². The van der Waals surface area contributed by atoms with Crippen molar-refractivity contribution < 1.29 is 18.7 Å². The third kappa shape index (κ3) is 4.49. The maximum Gasteiger partial charge on any atom is 0.227 e. The molecule has 0 radical (unpaired) electrons.